The van der Waals surface area contributed by atoms with Crippen LogP contribution in [0.15, 0.2) is 53.4 Å². The van der Waals surface area contributed by atoms with Gasteiger partial charge in [0.15, 0.2) is 0 Å². The van der Waals surface area contributed by atoms with Gasteiger partial charge in [-0.3, -0.25) is 10.1 Å². The van der Waals surface area contributed by atoms with Crippen molar-refractivity contribution in [1.82, 2.24) is 0 Å². The van der Waals surface area contributed by atoms with E-state index in [0.29, 0.717) is 6.07 Å². The first-order valence-electron chi connectivity index (χ1n) is 5.33. The Bertz CT molecular complexity index is 746. The van der Waals surface area contributed by atoms with E-state index in [0.717, 1.165) is 12.1 Å². The van der Waals surface area contributed by atoms with Gasteiger partial charge in [-0.2, -0.15) is 8.42 Å². The minimum atomic E-state index is -4.26. The molecule has 0 unspecified atom stereocenters. The highest BCUT2D eigenvalue weighted by Crippen LogP contribution is 2.30. The topological polar surface area (TPSA) is 86.5 Å². The molecule has 0 aliphatic rings. The summed E-state index contributed by atoms with van der Waals surface area (Å²) in [6, 6.07) is 9.40. The van der Waals surface area contributed by atoms with E-state index in [1.54, 1.807) is 6.07 Å². The molecule has 0 aliphatic carbocycles. The molecule has 6 nitrogen and oxygen atoms in total. The zero-order valence-electron chi connectivity index (χ0n) is 9.89. The van der Waals surface area contributed by atoms with Crippen LogP contribution in [0.5, 0.6) is 5.75 Å². The van der Waals surface area contributed by atoms with Crippen molar-refractivity contribution in [3.63, 3.8) is 0 Å². The molecule has 104 valence electrons. The molecule has 20 heavy (non-hydrogen) atoms. The highest BCUT2D eigenvalue weighted by atomic mass is 32.2. The lowest BCUT2D eigenvalue weighted by atomic mass is 10.3. The van der Waals surface area contributed by atoms with Crippen molar-refractivity contribution in [3.05, 3.63) is 64.5 Å². The van der Waals surface area contributed by atoms with E-state index in [9.17, 15) is 22.9 Å². The van der Waals surface area contributed by atoms with Gasteiger partial charge >= 0.3 is 15.8 Å². The summed E-state index contributed by atoms with van der Waals surface area (Å²) in [4.78, 5) is 9.73. The minimum Gasteiger partial charge on any atom is -0.371 e. The van der Waals surface area contributed by atoms with E-state index in [1.807, 2.05) is 0 Å². The molecule has 2 aromatic carbocycles. The Morgan fingerprint density at radius 1 is 1.10 bits per heavy atom. The first-order valence-corrected chi connectivity index (χ1v) is 6.74. The standard InChI is InChI=1S/C12H8FNO5S/c13-9-6-7-11(14(15)16)12(8-9)19-20(17,18)10-4-2-1-3-5-10/h1-8H. The molecule has 0 N–H and O–H groups in total. The fourth-order valence-corrected chi connectivity index (χ4v) is 2.42. The maximum absolute atomic E-state index is 13.1. The van der Waals surface area contributed by atoms with Crippen LogP contribution in [0.2, 0.25) is 0 Å². The molecule has 8 heteroatoms. The fraction of sp³-hybridized carbons (Fsp3) is 0. The molecule has 0 spiro atoms. The van der Waals surface area contributed by atoms with Gasteiger partial charge in [-0.1, -0.05) is 18.2 Å². The number of halogens is 1. The Morgan fingerprint density at radius 2 is 1.75 bits per heavy atom. The van der Waals surface area contributed by atoms with E-state index in [-0.39, 0.29) is 4.90 Å². The Morgan fingerprint density at radius 3 is 2.35 bits per heavy atom. The summed E-state index contributed by atoms with van der Waals surface area (Å²) in [7, 11) is -4.26. The van der Waals surface area contributed by atoms with E-state index in [4.69, 9.17) is 0 Å². The fourth-order valence-electron chi connectivity index (χ4n) is 1.46. The number of nitro benzene ring substituents is 1. The Balaban J connectivity index is 2.44. The van der Waals surface area contributed by atoms with Crippen molar-refractivity contribution >= 4 is 15.8 Å². The molecule has 0 saturated carbocycles. The van der Waals surface area contributed by atoms with Crippen LogP contribution >= 0.6 is 0 Å². The highest BCUT2D eigenvalue weighted by Gasteiger charge is 2.23. The summed E-state index contributed by atoms with van der Waals surface area (Å²) < 4.78 is 41.6. The lowest BCUT2D eigenvalue weighted by Crippen LogP contribution is -2.10. The Hall–Kier alpha value is -2.48. The van der Waals surface area contributed by atoms with Crippen molar-refractivity contribution < 1.29 is 21.9 Å². The second kappa shape index (κ2) is 5.25. The summed E-state index contributed by atoms with van der Waals surface area (Å²) in [5, 5.41) is 10.8. The molecule has 0 amide bonds. The van der Waals surface area contributed by atoms with Crippen molar-refractivity contribution in [2.45, 2.75) is 4.90 Å². The third-order valence-electron chi connectivity index (χ3n) is 2.35. The molecular weight excluding hydrogens is 289 g/mol. The Labute approximate surface area is 113 Å². The van der Waals surface area contributed by atoms with Gasteiger partial charge in [-0.15, -0.1) is 0 Å². The van der Waals surface area contributed by atoms with E-state index >= 15 is 0 Å². The summed E-state index contributed by atoms with van der Waals surface area (Å²) in [6.07, 6.45) is 0. The minimum absolute atomic E-state index is 0.182. The first kappa shape index (κ1) is 13.9. The summed E-state index contributed by atoms with van der Waals surface area (Å²) in [6.45, 7) is 0. The molecule has 0 aliphatic heterocycles. The molecule has 0 atom stereocenters. The number of nitrogens with zero attached hydrogens (tertiary/aromatic N) is 1. The van der Waals surface area contributed by atoms with Crippen LogP contribution < -0.4 is 4.18 Å². The van der Waals surface area contributed by atoms with Gasteiger partial charge in [-0.05, 0) is 18.2 Å². The van der Waals surface area contributed by atoms with Crippen LogP contribution in [0.25, 0.3) is 0 Å². The molecule has 2 rings (SSSR count). The zero-order valence-corrected chi connectivity index (χ0v) is 10.7. The molecular formula is C12H8FNO5S. The average Bonchev–Trinajstić information content (AvgIpc) is 2.39. The second-order valence-electron chi connectivity index (χ2n) is 3.72. The van der Waals surface area contributed by atoms with E-state index in [2.05, 4.69) is 4.18 Å². The number of hydrogen-bond donors (Lipinski definition) is 0. The monoisotopic (exact) mass is 297 g/mol. The molecule has 0 heterocycles. The third kappa shape index (κ3) is 2.91. The number of rotatable bonds is 4. The quantitative estimate of drug-likeness (QED) is 0.491. The Kier molecular flexibility index (Phi) is 3.66. The van der Waals surface area contributed by atoms with Crippen LogP contribution in [0.4, 0.5) is 10.1 Å². The van der Waals surface area contributed by atoms with Gasteiger partial charge < -0.3 is 4.18 Å². The molecule has 2 aromatic rings. The van der Waals surface area contributed by atoms with Gasteiger partial charge in [0.25, 0.3) is 0 Å². The summed E-state index contributed by atoms with van der Waals surface area (Å²) in [5.74, 6) is -1.51. The maximum atomic E-state index is 13.1. The van der Waals surface area contributed by atoms with Crippen molar-refractivity contribution in [2.75, 3.05) is 0 Å². The molecule has 0 saturated heterocycles. The average molecular weight is 297 g/mol. The molecule has 0 aromatic heterocycles. The van der Waals surface area contributed by atoms with Crippen molar-refractivity contribution in [2.24, 2.45) is 0 Å². The summed E-state index contributed by atoms with van der Waals surface area (Å²) >= 11 is 0. The maximum Gasteiger partial charge on any atom is 0.339 e. The second-order valence-corrected chi connectivity index (χ2v) is 5.27. The lowest BCUT2D eigenvalue weighted by Gasteiger charge is -2.07. The molecule has 0 bridgehead atoms. The van der Waals surface area contributed by atoms with Crippen molar-refractivity contribution in [3.8, 4) is 5.75 Å². The number of benzene rings is 2. The van der Waals surface area contributed by atoms with E-state index in [1.165, 1.54) is 24.3 Å². The third-order valence-corrected chi connectivity index (χ3v) is 3.60. The SMILES string of the molecule is O=[N+]([O-])c1ccc(F)cc1OS(=O)(=O)c1ccccc1. The number of hydrogen-bond acceptors (Lipinski definition) is 5. The van der Waals surface area contributed by atoms with Gasteiger partial charge in [0, 0.05) is 12.1 Å². The highest BCUT2D eigenvalue weighted by molar-refractivity contribution is 7.87. The summed E-state index contributed by atoms with van der Waals surface area (Å²) in [5.41, 5.74) is -0.633. The van der Waals surface area contributed by atoms with Crippen molar-refractivity contribution in [1.29, 1.82) is 0 Å². The van der Waals surface area contributed by atoms with Gasteiger partial charge in [-0.25, -0.2) is 4.39 Å². The van der Waals surface area contributed by atoms with Crippen LogP contribution in [-0.4, -0.2) is 13.3 Å². The smallest absolute Gasteiger partial charge is 0.339 e. The van der Waals surface area contributed by atoms with Gasteiger partial charge in [0.05, 0.1) is 4.92 Å². The normalized spacial score (nSPS) is 11.1. The first-order chi connectivity index (χ1) is 9.40. The van der Waals surface area contributed by atoms with Gasteiger partial charge in [0.2, 0.25) is 5.75 Å². The van der Waals surface area contributed by atoms with Crippen LogP contribution in [0.3, 0.4) is 0 Å². The largest absolute Gasteiger partial charge is 0.371 e. The lowest BCUT2D eigenvalue weighted by molar-refractivity contribution is -0.385. The molecule has 0 radical (unpaired) electrons. The van der Waals surface area contributed by atoms with Crippen LogP contribution in [-0.2, 0) is 10.1 Å². The zero-order chi connectivity index (χ0) is 14.8. The number of nitro groups is 1. The van der Waals surface area contributed by atoms with E-state index < -0.39 is 32.3 Å². The van der Waals surface area contributed by atoms with Crippen LogP contribution in [0, 0.1) is 15.9 Å². The molecule has 0 fully saturated rings. The predicted octanol–water partition coefficient (Wildman–Crippen LogP) is 2.50. The predicted molar refractivity (Wildman–Crippen MR) is 67.3 cm³/mol. The van der Waals surface area contributed by atoms with Gasteiger partial charge in [0.1, 0.15) is 10.7 Å². The van der Waals surface area contributed by atoms with Crippen LogP contribution in [0.1, 0.15) is 0 Å².